The van der Waals surface area contributed by atoms with E-state index in [1.54, 1.807) is 6.07 Å². The third kappa shape index (κ3) is 10.8. The Bertz CT molecular complexity index is 857. The molecule has 3 rings (SSSR count). The lowest BCUT2D eigenvalue weighted by atomic mass is 9.77. The van der Waals surface area contributed by atoms with E-state index in [9.17, 15) is 4.39 Å². The molecule has 1 aromatic heterocycles. The summed E-state index contributed by atoms with van der Waals surface area (Å²) in [6.07, 6.45) is 25.8. The summed E-state index contributed by atoms with van der Waals surface area (Å²) in [6.45, 7) is 5.15. The van der Waals surface area contributed by atoms with Crippen LogP contribution in [0.2, 0.25) is 0 Å². The van der Waals surface area contributed by atoms with Gasteiger partial charge in [-0.2, -0.15) is 0 Å². The molecular weight excluding hydrogens is 457 g/mol. The Morgan fingerprint density at radius 3 is 2.03 bits per heavy atom. The predicted molar refractivity (Wildman–Crippen MR) is 156 cm³/mol. The monoisotopic (exact) mass is 509 g/mol. The van der Waals surface area contributed by atoms with Gasteiger partial charge in [0.05, 0.1) is 12.3 Å². The topological polar surface area (TPSA) is 22.1 Å². The van der Waals surface area contributed by atoms with Crippen LogP contribution >= 0.6 is 0 Å². The molecule has 0 atom stereocenters. The minimum absolute atomic E-state index is 0.259. The summed E-state index contributed by atoms with van der Waals surface area (Å²) in [5.74, 6) is 1.87. The normalized spacial score (nSPS) is 17.7. The standard InChI is InChI=1S/C34H52FNO/c1-3-5-7-9-10-11-12-14-16-28-17-19-29(20-18-28)30-21-24-34(36-27-30)32-23-22-31(26-33(32)35)37-25-15-13-8-6-4-2/h21-24,26-29H,3-20,25H2,1-2H3/t28-,29-. The maximum atomic E-state index is 14.8. The largest absolute Gasteiger partial charge is 0.493 e. The van der Waals surface area contributed by atoms with Crippen LogP contribution in [0, 0.1) is 11.7 Å². The molecule has 1 aliphatic carbocycles. The van der Waals surface area contributed by atoms with Gasteiger partial charge in [-0.05, 0) is 67.7 Å². The highest BCUT2D eigenvalue weighted by Gasteiger charge is 2.22. The van der Waals surface area contributed by atoms with Crippen LogP contribution in [0.1, 0.15) is 141 Å². The van der Waals surface area contributed by atoms with E-state index in [0.717, 1.165) is 12.3 Å². The second kappa shape index (κ2) is 17.6. The maximum Gasteiger partial charge on any atom is 0.136 e. The molecule has 0 aliphatic heterocycles. The SMILES string of the molecule is CCCCCCCCCC[C@H]1CC[C@H](c2ccc(-c3ccc(OCCCCCCC)cc3F)nc2)CC1. The quantitative estimate of drug-likeness (QED) is 0.186. The van der Waals surface area contributed by atoms with E-state index in [-0.39, 0.29) is 5.82 Å². The summed E-state index contributed by atoms with van der Waals surface area (Å²) in [5, 5.41) is 0. The fraction of sp³-hybridized carbons (Fsp3) is 0.676. The minimum Gasteiger partial charge on any atom is -0.493 e. The molecule has 0 amide bonds. The van der Waals surface area contributed by atoms with Gasteiger partial charge in [0.15, 0.2) is 0 Å². The Labute approximate surface area is 226 Å². The molecule has 1 heterocycles. The highest BCUT2D eigenvalue weighted by atomic mass is 19.1. The van der Waals surface area contributed by atoms with E-state index >= 15 is 0 Å². The van der Waals surface area contributed by atoms with Crippen molar-refractivity contribution in [1.82, 2.24) is 4.98 Å². The molecule has 2 nitrogen and oxygen atoms in total. The average molecular weight is 510 g/mol. The lowest BCUT2D eigenvalue weighted by molar-refractivity contribution is 0.301. The van der Waals surface area contributed by atoms with E-state index < -0.39 is 0 Å². The average Bonchev–Trinajstić information content (AvgIpc) is 2.93. The van der Waals surface area contributed by atoms with Crippen LogP contribution < -0.4 is 4.74 Å². The molecule has 1 aliphatic rings. The summed E-state index contributed by atoms with van der Waals surface area (Å²) in [5.41, 5.74) is 2.57. The highest BCUT2D eigenvalue weighted by Crippen LogP contribution is 2.38. The first kappa shape index (κ1) is 29.7. The lowest BCUT2D eigenvalue weighted by Gasteiger charge is -2.28. The second-order valence-corrected chi connectivity index (χ2v) is 11.4. The van der Waals surface area contributed by atoms with Crippen molar-refractivity contribution in [2.24, 2.45) is 5.92 Å². The van der Waals surface area contributed by atoms with Crippen LogP contribution in [-0.2, 0) is 0 Å². The smallest absolute Gasteiger partial charge is 0.136 e. The van der Waals surface area contributed by atoms with Crippen LogP contribution in [0.3, 0.4) is 0 Å². The van der Waals surface area contributed by atoms with Gasteiger partial charge < -0.3 is 4.74 Å². The van der Waals surface area contributed by atoms with Gasteiger partial charge in [0.25, 0.3) is 0 Å². The van der Waals surface area contributed by atoms with E-state index in [1.165, 1.54) is 121 Å². The molecular formula is C34H52FNO. The minimum atomic E-state index is -0.259. The number of ether oxygens (including phenoxy) is 1. The van der Waals surface area contributed by atoms with E-state index in [4.69, 9.17) is 4.74 Å². The molecule has 206 valence electrons. The zero-order chi connectivity index (χ0) is 26.1. The van der Waals surface area contributed by atoms with Crippen LogP contribution in [0.5, 0.6) is 5.75 Å². The Balaban J connectivity index is 1.37. The molecule has 37 heavy (non-hydrogen) atoms. The number of nitrogens with zero attached hydrogens (tertiary/aromatic N) is 1. The first-order valence-corrected chi connectivity index (χ1v) is 15.6. The fourth-order valence-corrected chi connectivity index (χ4v) is 5.85. The van der Waals surface area contributed by atoms with Crippen LogP contribution in [-0.4, -0.2) is 11.6 Å². The molecule has 0 saturated heterocycles. The molecule has 0 bridgehead atoms. The third-order valence-electron chi connectivity index (χ3n) is 8.30. The van der Waals surface area contributed by atoms with Crippen molar-refractivity contribution in [2.75, 3.05) is 6.61 Å². The van der Waals surface area contributed by atoms with Crippen molar-refractivity contribution in [1.29, 1.82) is 0 Å². The summed E-state index contributed by atoms with van der Waals surface area (Å²) >= 11 is 0. The maximum absolute atomic E-state index is 14.8. The van der Waals surface area contributed by atoms with Gasteiger partial charge in [-0.3, -0.25) is 4.98 Å². The number of unbranched alkanes of at least 4 members (excludes halogenated alkanes) is 11. The van der Waals surface area contributed by atoms with Crippen molar-refractivity contribution in [3.05, 3.63) is 47.9 Å². The molecule has 1 fully saturated rings. The van der Waals surface area contributed by atoms with E-state index in [1.807, 2.05) is 18.3 Å². The molecule has 1 aromatic carbocycles. The van der Waals surface area contributed by atoms with Gasteiger partial charge >= 0.3 is 0 Å². The number of aromatic nitrogens is 1. The Morgan fingerprint density at radius 1 is 0.757 bits per heavy atom. The number of rotatable bonds is 18. The highest BCUT2D eigenvalue weighted by molar-refractivity contribution is 5.61. The van der Waals surface area contributed by atoms with Gasteiger partial charge in [0.2, 0.25) is 0 Å². The van der Waals surface area contributed by atoms with Gasteiger partial charge in [0.1, 0.15) is 11.6 Å². The number of pyridine rings is 1. The predicted octanol–water partition coefficient (Wildman–Crippen LogP) is 11.0. The first-order valence-electron chi connectivity index (χ1n) is 15.6. The van der Waals surface area contributed by atoms with Crippen LogP contribution in [0.15, 0.2) is 36.5 Å². The molecule has 3 heteroatoms. The van der Waals surface area contributed by atoms with Crippen molar-refractivity contribution >= 4 is 0 Å². The summed E-state index contributed by atoms with van der Waals surface area (Å²) in [7, 11) is 0. The van der Waals surface area contributed by atoms with Crippen molar-refractivity contribution < 1.29 is 9.13 Å². The first-order chi connectivity index (χ1) is 18.2. The van der Waals surface area contributed by atoms with Crippen molar-refractivity contribution in [3.63, 3.8) is 0 Å². The zero-order valence-corrected chi connectivity index (χ0v) is 23.8. The molecule has 0 radical (unpaired) electrons. The number of benzene rings is 1. The van der Waals surface area contributed by atoms with E-state index in [0.29, 0.717) is 29.5 Å². The molecule has 0 N–H and O–H groups in total. The summed E-state index contributed by atoms with van der Waals surface area (Å²) in [4.78, 5) is 4.65. The van der Waals surface area contributed by atoms with Crippen molar-refractivity contribution in [3.8, 4) is 17.0 Å². The number of hydrogen-bond acceptors (Lipinski definition) is 2. The third-order valence-corrected chi connectivity index (χ3v) is 8.30. The molecule has 0 unspecified atom stereocenters. The van der Waals surface area contributed by atoms with Crippen LogP contribution in [0.25, 0.3) is 11.3 Å². The molecule has 2 aromatic rings. The summed E-state index contributed by atoms with van der Waals surface area (Å²) < 4.78 is 20.6. The second-order valence-electron chi connectivity index (χ2n) is 11.4. The fourth-order valence-electron chi connectivity index (χ4n) is 5.85. The lowest BCUT2D eigenvalue weighted by Crippen LogP contribution is -2.13. The van der Waals surface area contributed by atoms with E-state index in [2.05, 4.69) is 24.9 Å². The Hall–Kier alpha value is -1.90. The molecule has 1 saturated carbocycles. The molecule has 0 spiro atoms. The zero-order valence-electron chi connectivity index (χ0n) is 23.8. The number of halogens is 1. The van der Waals surface area contributed by atoms with Gasteiger partial charge in [0, 0.05) is 17.8 Å². The Morgan fingerprint density at radius 2 is 1.41 bits per heavy atom. The van der Waals surface area contributed by atoms with Gasteiger partial charge in [-0.1, -0.05) is 103 Å². The van der Waals surface area contributed by atoms with Gasteiger partial charge in [-0.15, -0.1) is 0 Å². The Kier molecular flexibility index (Phi) is 14.1. The number of hydrogen-bond donors (Lipinski definition) is 0. The van der Waals surface area contributed by atoms with Crippen molar-refractivity contribution in [2.45, 2.75) is 135 Å². The summed E-state index contributed by atoms with van der Waals surface area (Å²) in [6, 6.07) is 9.35. The van der Waals surface area contributed by atoms with Gasteiger partial charge in [-0.25, -0.2) is 4.39 Å². The van der Waals surface area contributed by atoms with Crippen LogP contribution in [0.4, 0.5) is 4.39 Å².